The van der Waals surface area contributed by atoms with Crippen molar-refractivity contribution in [2.45, 2.75) is 57.8 Å². The summed E-state index contributed by atoms with van der Waals surface area (Å²) in [6.45, 7) is 7.36. The van der Waals surface area contributed by atoms with E-state index in [2.05, 4.69) is 5.32 Å². The van der Waals surface area contributed by atoms with Gasteiger partial charge in [0.15, 0.2) is 5.79 Å². The number of primary amides is 1. The summed E-state index contributed by atoms with van der Waals surface area (Å²) in [5, 5.41) is 2.76. The second-order valence-electron chi connectivity index (χ2n) is 7.43. The number of nitrogens with zero attached hydrogens (tertiary/aromatic N) is 2. The van der Waals surface area contributed by atoms with Gasteiger partial charge in [0.05, 0.1) is 32.2 Å². The number of nitrogens with one attached hydrogen (secondary N) is 1. The molecule has 1 atom stereocenters. The Balaban J connectivity index is 1.94. The van der Waals surface area contributed by atoms with Gasteiger partial charge in [-0.05, 0) is 19.4 Å². The first kappa shape index (κ1) is 22.6. The van der Waals surface area contributed by atoms with Crippen molar-refractivity contribution >= 4 is 17.7 Å². The topological polar surface area (TPSA) is 114 Å². The van der Waals surface area contributed by atoms with E-state index in [-0.39, 0.29) is 24.8 Å². The van der Waals surface area contributed by atoms with Crippen molar-refractivity contribution in [1.29, 1.82) is 0 Å². The van der Waals surface area contributed by atoms with Crippen molar-refractivity contribution < 1.29 is 23.9 Å². The van der Waals surface area contributed by atoms with E-state index in [9.17, 15) is 14.4 Å². The van der Waals surface area contributed by atoms with Gasteiger partial charge in [-0.2, -0.15) is 0 Å². The number of amides is 3. The van der Waals surface area contributed by atoms with Gasteiger partial charge in [0.25, 0.3) is 0 Å². The Bertz CT molecular complexity index is 540. The normalized spacial score (nSPS) is 19.8. The molecule has 3 amide bonds. The van der Waals surface area contributed by atoms with Crippen LogP contribution in [0.1, 0.15) is 46.0 Å². The average molecular weight is 399 g/mol. The molecule has 0 unspecified atom stereocenters. The van der Waals surface area contributed by atoms with Crippen LogP contribution >= 0.6 is 0 Å². The van der Waals surface area contributed by atoms with Crippen molar-refractivity contribution in [2.24, 2.45) is 5.73 Å². The molecule has 0 aromatic rings. The van der Waals surface area contributed by atoms with E-state index < -0.39 is 17.7 Å². The molecule has 9 heteroatoms. The van der Waals surface area contributed by atoms with E-state index in [4.69, 9.17) is 15.2 Å². The number of carbonyl (C=O) groups is 3. The Morgan fingerprint density at radius 2 is 1.79 bits per heavy atom. The van der Waals surface area contributed by atoms with Gasteiger partial charge in [-0.3, -0.25) is 19.3 Å². The lowest BCUT2D eigenvalue weighted by atomic mass is 10.0. The molecule has 0 radical (unpaired) electrons. The molecule has 28 heavy (non-hydrogen) atoms. The van der Waals surface area contributed by atoms with E-state index in [0.29, 0.717) is 52.2 Å². The maximum Gasteiger partial charge on any atom is 0.236 e. The molecule has 2 aliphatic rings. The van der Waals surface area contributed by atoms with Crippen molar-refractivity contribution in [1.82, 2.24) is 15.1 Å². The van der Waals surface area contributed by atoms with E-state index >= 15 is 0 Å². The molecule has 0 aromatic heterocycles. The number of rotatable bonds is 10. The number of likely N-dealkylation sites (tertiary alicyclic amines) is 1. The first-order valence-electron chi connectivity index (χ1n) is 10.3. The lowest BCUT2D eigenvalue weighted by Gasteiger charge is -2.38. The molecule has 0 aliphatic carbocycles. The molecule has 3 N–H and O–H groups in total. The maximum absolute atomic E-state index is 12.8. The summed E-state index contributed by atoms with van der Waals surface area (Å²) in [6.07, 6.45) is 2.82. The van der Waals surface area contributed by atoms with Crippen molar-refractivity contribution in [3.05, 3.63) is 0 Å². The van der Waals surface area contributed by atoms with Crippen LogP contribution in [0.15, 0.2) is 0 Å². The van der Waals surface area contributed by atoms with Crippen LogP contribution in [0.3, 0.4) is 0 Å². The Hall–Kier alpha value is -1.71. The molecule has 2 heterocycles. The first-order chi connectivity index (χ1) is 13.4. The van der Waals surface area contributed by atoms with Crippen molar-refractivity contribution in [3.63, 3.8) is 0 Å². The highest BCUT2D eigenvalue weighted by Crippen LogP contribution is 2.31. The third kappa shape index (κ3) is 6.15. The van der Waals surface area contributed by atoms with Crippen LogP contribution in [0.25, 0.3) is 0 Å². The highest BCUT2D eigenvalue weighted by molar-refractivity contribution is 5.88. The third-order valence-electron chi connectivity index (χ3n) is 5.26. The lowest BCUT2D eigenvalue weighted by Crippen LogP contribution is -2.54. The maximum atomic E-state index is 12.8. The Morgan fingerprint density at radius 3 is 2.32 bits per heavy atom. The first-order valence-corrected chi connectivity index (χ1v) is 10.3. The van der Waals surface area contributed by atoms with Gasteiger partial charge in [-0.15, -0.1) is 0 Å². The van der Waals surface area contributed by atoms with Crippen LogP contribution in [-0.4, -0.2) is 85.3 Å². The highest BCUT2D eigenvalue weighted by Gasteiger charge is 2.41. The molecule has 160 valence electrons. The molecule has 2 fully saturated rings. The fourth-order valence-electron chi connectivity index (χ4n) is 3.71. The van der Waals surface area contributed by atoms with E-state index in [1.807, 2.05) is 13.8 Å². The zero-order chi connectivity index (χ0) is 20.6. The van der Waals surface area contributed by atoms with Crippen LogP contribution < -0.4 is 11.1 Å². The fourth-order valence-corrected chi connectivity index (χ4v) is 3.71. The molecule has 2 saturated heterocycles. The summed E-state index contributed by atoms with van der Waals surface area (Å²) in [6, 6.07) is -0.793. The summed E-state index contributed by atoms with van der Waals surface area (Å²) in [7, 11) is 0. The number of hydrogen-bond donors (Lipinski definition) is 2. The zero-order valence-corrected chi connectivity index (χ0v) is 17.1. The molecule has 9 nitrogen and oxygen atoms in total. The second kappa shape index (κ2) is 10.7. The average Bonchev–Trinajstić information content (AvgIpc) is 3.12. The number of ether oxygens (including phenoxy) is 2. The van der Waals surface area contributed by atoms with E-state index in [0.717, 1.165) is 12.8 Å². The van der Waals surface area contributed by atoms with Crippen molar-refractivity contribution in [2.75, 3.05) is 45.9 Å². The number of hydrogen-bond acceptors (Lipinski definition) is 6. The summed E-state index contributed by atoms with van der Waals surface area (Å²) in [5.74, 6) is -1.41. The molecule has 0 aromatic carbocycles. The van der Waals surface area contributed by atoms with Crippen LogP contribution in [0.5, 0.6) is 0 Å². The van der Waals surface area contributed by atoms with Crippen LogP contribution in [-0.2, 0) is 23.9 Å². The summed E-state index contributed by atoms with van der Waals surface area (Å²) in [5.41, 5.74) is 5.56. The van der Waals surface area contributed by atoms with Gasteiger partial charge in [0, 0.05) is 32.5 Å². The molecule has 0 bridgehead atoms. The highest BCUT2D eigenvalue weighted by atomic mass is 16.7. The standard InChI is InChI=1S/C19H34N4O5/c1-3-7-21-16(24)13-15(18(20)26)23(8-4-2)14-17(25)22-9-5-19(6-10-22)27-11-12-28-19/h15H,3-14H2,1-2H3,(H2,20,26)(H,21,24)/t15-/m0/s1. The molecular formula is C19H34N4O5. The second-order valence-corrected chi connectivity index (χ2v) is 7.43. The SMILES string of the molecule is CCCNC(=O)C[C@@H](C(N)=O)N(CCC)CC(=O)N1CCC2(CC1)OCCO2. The minimum absolute atomic E-state index is 0.0343. The largest absolute Gasteiger partial charge is 0.368 e. The molecule has 2 rings (SSSR count). The minimum Gasteiger partial charge on any atom is -0.368 e. The Kier molecular flexibility index (Phi) is 8.65. The van der Waals surface area contributed by atoms with Crippen LogP contribution in [0, 0.1) is 0 Å². The molecule has 2 aliphatic heterocycles. The summed E-state index contributed by atoms with van der Waals surface area (Å²) in [4.78, 5) is 40.4. The summed E-state index contributed by atoms with van der Waals surface area (Å²) >= 11 is 0. The zero-order valence-electron chi connectivity index (χ0n) is 17.1. The quantitative estimate of drug-likeness (QED) is 0.528. The lowest BCUT2D eigenvalue weighted by molar-refractivity contribution is -0.187. The number of carbonyl (C=O) groups excluding carboxylic acids is 3. The predicted molar refractivity (Wildman–Crippen MR) is 103 cm³/mol. The van der Waals surface area contributed by atoms with Gasteiger partial charge >= 0.3 is 0 Å². The molecular weight excluding hydrogens is 364 g/mol. The van der Waals surface area contributed by atoms with Gasteiger partial charge < -0.3 is 25.4 Å². The minimum atomic E-state index is -0.793. The number of piperidine rings is 1. The third-order valence-corrected chi connectivity index (χ3v) is 5.26. The van der Waals surface area contributed by atoms with E-state index in [1.165, 1.54) is 0 Å². The smallest absolute Gasteiger partial charge is 0.236 e. The van der Waals surface area contributed by atoms with Gasteiger partial charge in [-0.1, -0.05) is 13.8 Å². The predicted octanol–water partition coefficient (Wildman–Crippen LogP) is -0.166. The van der Waals surface area contributed by atoms with Crippen LogP contribution in [0.4, 0.5) is 0 Å². The molecule has 1 spiro atoms. The van der Waals surface area contributed by atoms with Crippen LogP contribution in [0.2, 0.25) is 0 Å². The molecule has 0 saturated carbocycles. The Morgan fingerprint density at radius 1 is 1.14 bits per heavy atom. The summed E-state index contributed by atoms with van der Waals surface area (Å²) < 4.78 is 11.4. The van der Waals surface area contributed by atoms with Gasteiger partial charge in [0.1, 0.15) is 0 Å². The Labute approximate surface area is 166 Å². The van der Waals surface area contributed by atoms with Gasteiger partial charge in [-0.25, -0.2) is 0 Å². The number of nitrogens with two attached hydrogens (primary N) is 1. The van der Waals surface area contributed by atoms with Crippen molar-refractivity contribution in [3.8, 4) is 0 Å². The fraction of sp³-hybridized carbons (Fsp3) is 0.842. The monoisotopic (exact) mass is 398 g/mol. The van der Waals surface area contributed by atoms with Gasteiger partial charge in [0.2, 0.25) is 17.7 Å². The van der Waals surface area contributed by atoms with E-state index in [1.54, 1.807) is 9.80 Å².